The van der Waals surface area contributed by atoms with Crippen LogP contribution in [-0.4, -0.2) is 70.0 Å². The summed E-state index contributed by atoms with van der Waals surface area (Å²) in [6, 6.07) is 0. The van der Waals surface area contributed by atoms with Gasteiger partial charge >= 0.3 is 11.9 Å². The van der Waals surface area contributed by atoms with Gasteiger partial charge in [-0.2, -0.15) is 0 Å². The molecule has 0 saturated heterocycles. The number of nitrogens with zero attached hydrogens (tertiary/aromatic N) is 1. The Bertz CT molecular complexity index is 1790. The van der Waals surface area contributed by atoms with Crippen LogP contribution in [0.4, 0.5) is 0 Å². The number of hydrogen-bond acceptors (Lipinski definition) is 8. The van der Waals surface area contributed by atoms with Gasteiger partial charge in [-0.05, 0) is 116 Å². The molecule has 0 fully saturated rings. The van der Waals surface area contributed by atoms with Crippen LogP contribution in [0.3, 0.4) is 0 Å². The molecule has 430 valence electrons. The maximum Gasteiger partial charge on any atom is 0.306 e. The second-order valence-electron chi connectivity index (χ2n) is 20.2. The minimum atomic E-state index is -4.66. The molecule has 0 heterocycles. The van der Waals surface area contributed by atoms with Crippen molar-refractivity contribution in [3.05, 3.63) is 146 Å². The largest absolute Gasteiger partial charge is 0.756 e. The smallest absolute Gasteiger partial charge is 0.306 e. The first kappa shape index (κ1) is 71.9. The number of unbranched alkanes of at least 4 members (excludes halogenated alkanes) is 14. The van der Waals surface area contributed by atoms with Gasteiger partial charge in [-0.15, -0.1) is 0 Å². The number of likely N-dealkylation sites (N-methyl/N-ethyl adjacent to an activating group) is 1. The molecule has 0 spiro atoms. The summed E-state index contributed by atoms with van der Waals surface area (Å²) in [5, 5.41) is 0. The summed E-state index contributed by atoms with van der Waals surface area (Å²) in [5.74, 6) is -0.898. The molecule has 0 aromatic carbocycles. The van der Waals surface area contributed by atoms with Crippen LogP contribution in [0.2, 0.25) is 0 Å². The van der Waals surface area contributed by atoms with Crippen LogP contribution in [0, 0.1) is 0 Å². The lowest BCUT2D eigenvalue weighted by molar-refractivity contribution is -0.870. The van der Waals surface area contributed by atoms with E-state index in [4.69, 9.17) is 18.5 Å². The highest BCUT2D eigenvalue weighted by Crippen LogP contribution is 2.38. The Hall–Kier alpha value is -4.11. The molecule has 0 aliphatic carbocycles. The first-order valence-electron chi connectivity index (χ1n) is 29.5. The van der Waals surface area contributed by atoms with Gasteiger partial charge in [-0.1, -0.05) is 224 Å². The molecule has 0 aromatic rings. The van der Waals surface area contributed by atoms with E-state index < -0.39 is 32.5 Å². The van der Waals surface area contributed by atoms with Crippen LogP contribution < -0.4 is 4.89 Å². The van der Waals surface area contributed by atoms with Crippen LogP contribution >= 0.6 is 7.82 Å². The van der Waals surface area contributed by atoms with E-state index in [2.05, 4.69) is 160 Å². The predicted octanol–water partition coefficient (Wildman–Crippen LogP) is 18.1. The van der Waals surface area contributed by atoms with E-state index in [9.17, 15) is 19.0 Å². The molecule has 0 saturated carbocycles. The third kappa shape index (κ3) is 59.1. The van der Waals surface area contributed by atoms with Gasteiger partial charge < -0.3 is 27.9 Å². The number of hydrogen-bond donors (Lipinski definition) is 0. The molecular weight excluding hydrogens is 966 g/mol. The highest BCUT2D eigenvalue weighted by molar-refractivity contribution is 7.45. The van der Waals surface area contributed by atoms with Gasteiger partial charge in [0.05, 0.1) is 27.7 Å². The fourth-order valence-electron chi connectivity index (χ4n) is 7.37. The zero-order valence-corrected chi connectivity index (χ0v) is 49.5. The third-order valence-electron chi connectivity index (χ3n) is 11.9. The number of carbonyl (C=O) groups is 2. The van der Waals surface area contributed by atoms with Crippen molar-refractivity contribution < 1.29 is 42.1 Å². The van der Waals surface area contributed by atoms with Gasteiger partial charge in [0.2, 0.25) is 0 Å². The number of rotatable bonds is 52. The van der Waals surface area contributed by atoms with Crippen molar-refractivity contribution in [3.63, 3.8) is 0 Å². The Morgan fingerprint density at radius 2 is 0.711 bits per heavy atom. The van der Waals surface area contributed by atoms with Crippen molar-refractivity contribution in [3.8, 4) is 0 Å². The van der Waals surface area contributed by atoms with E-state index in [0.29, 0.717) is 23.9 Å². The molecule has 0 amide bonds. The zero-order chi connectivity index (χ0) is 55.6. The molecule has 2 atom stereocenters. The molecule has 0 aromatic heterocycles. The zero-order valence-electron chi connectivity index (χ0n) is 48.6. The van der Waals surface area contributed by atoms with Crippen molar-refractivity contribution in [2.24, 2.45) is 0 Å². The number of carbonyl (C=O) groups excluding carboxylic acids is 2. The number of ether oxygens (including phenoxy) is 2. The van der Waals surface area contributed by atoms with Crippen molar-refractivity contribution in [1.29, 1.82) is 0 Å². The number of quaternary nitrogens is 1. The number of phosphoric acid groups is 1. The molecule has 76 heavy (non-hydrogen) atoms. The Morgan fingerprint density at radius 1 is 0.408 bits per heavy atom. The lowest BCUT2D eigenvalue weighted by atomic mass is 10.0. The Labute approximate surface area is 465 Å². The fraction of sp³-hybridized carbons (Fsp3) is 0.606. The summed E-state index contributed by atoms with van der Waals surface area (Å²) >= 11 is 0. The van der Waals surface area contributed by atoms with Gasteiger partial charge in [0.25, 0.3) is 7.82 Å². The van der Waals surface area contributed by atoms with E-state index >= 15 is 0 Å². The van der Waals surface area contributed by atoms with Gasteiger partial charge in [-0.25, -0.2) is 0 Å². The molecule has 0 bridgehead atoms. The summed E-state index contributed by atoms with van der Waals surface area (Å²) in [7, 11) is 1.11. The Balaban J connectivity index is 4.29. The number of esters is 2. The molecule has 2 unspecified atom stereocenters. The van der Waals surface area contributed by atoms with Crippen molar-refractivity contribution in [1.82, 2.24) is 0 Å². The molecule has 0 aliphatic heterocycles. The summed E-state index contributed by atoms with van der Waals surface area (Å²) < 4.78 is 34.1. The van der Waals surface area contributed by atoms with E-state index in [1.807, 2.05) is 21.1 Å². The van der Waals surface area contributed by atoms with Crippen LogP contribution in [0.5, 0.6) is 0 Å². The summed E-state index contributed by atoms with van der Waals surface area (Å²) in [6.07, 6.45) is 81.8. The van der Waals surface area contributed by atoms with Crippen LogP contribution in [-0.2, 0) is 32.7 Å². The maximum absolute atomic E-state index is 12.8. The van der Waals surface area contributed by atoms with Crippen molar-refractivity contribution in [2.75, 3.05) is 47.5 Å². The average Bonchev–Trinajstić information content (AvgIpc) is 3.38. The van der Waals surface area contributed by atoms with Gasteiger partial charge in [-0.3, -0.25) is 14.2 Å². The summed E-state index contributed by atoms with van der Waals surface area (Å²) in [6.45, 7) is 3.94. The molecule has 10 heteroatoms. The lowest BCUT2D eigenvalue weighted by Crippen LogP contribution is -2.37. The van der Waals surface area contributed by atoms with E-state index in [1.54, 1.807) is 0 Å². The van der Waals surface area contributed by atoms with Crippen LogP contribution in [0.15, 0.2) is 146 Å². The summed E-state index contributed by atoms with van der Waals surface area (Å²) in [5.41, 5.74) is 0. The monoisotopic (exact) mass is 1070 g/mol. The quantitative estimate of drug-likeness (QED) is 0.0195. The fourth-order valence-corrected chi connectivity index (χ4v) is 8.10. The maximum atomic E-state index is 12.8. The minimum Gasteiger partial charge on any atom is -0.756 e. The van der Waals surface area contributed by atoms with Gasteiger partial charge in [0.15, 0.2) is 6.10 Å². The molecule has 0 N–H and O–H groups in total. The molecule has 0 rings (SSSR count). The minimum absolute atomic E-state index is 0.0482. The van der Waals surface area contributed by atoms with Crippen molar-refractivity contribution >= 4 is 19.8 Å². The lowest BCUT2D eigenvalue weighted by Gasteiger charge is -2.28. The van der Waals surface area contributed by atoms with Crippen LogP contribution in [0.25, 0.3) is 0 Å². The average molecular weight is 1070 g/mol. The molecular formula is C66H108NO8P. The second kappa shape index (κ2) is 55.6. The SMILES string of the molecule is CC/C=C\C/C=C\C/C=C\C/C=C\C/C=C\C/C=C\C/C=C\C/C=C\CCCCC(=O)OC(COC(=O)CCCCCCCCCCCCCC/C=C\C/C=C\C/C=C\C/C=C\CC)COP(=O)([O-])OCC[N+](C)(C)C. The first-order chi connectivity index (χ1) is 37.0. The molecule has 9 nitrogen and oxygen atoms in total. The molecule has 0 radical (unpaired) electrons. The van der Waals surface area contributed by atoms with E-state index in [1.165, 1.54) is 57.8 Å². The van der Waals surface area contributed by atoms with E-state index in [-0.39, 0.29) is 26.1 Å². The Kier molecular flexibility index (Phi) is 52.6. The second-order valence-corrected chi connectivity index (χ2v) is 21.7. The highest BCUT2D eigenvalue weighted by atomic mass is 31.2. The van der Waals surface area contributed by atoms with Gasteiger partial charge in [0.1, 0.15) is 19.8 Å². The van der Waals surface area contributed by atoms with Gasteiger partial charge in [0, 0.05) is 12.8 Å². The van der Waals surface area contributed by atoms with Crippen LogP contribution in [0.1, 0.15) is 206 Å². The number of allylic oxidation sites excluding steroid dienone is 24. The Morgan fingerprint density at radius 3 is 1.08 bits per heavy atom. The standard InChI is InChI=1S/C66H108NO8P/c1-6-8-10-12-14-16-18-20-22-24-26-28-30-32-33-35-37-39-41-43-45-47-49-51-53-55-57-59-66(69)75-64(63-74-76(70,71)73-61-60-67(3,4)5)62-72-65(68)58-56-54-52-50-48-46-44-42-40-38-36-34-31-29-27-25-23-21-19-17-15-13-11-9-7-2/h8-11,14-17,20-23,26-29,32-33,37,39,43,45,49,51,64H,6-7,12-13,18-19,24-25,30-31,34-36,38,40-42,44,46-48,50,52-63H2,1-5H3/b10-8-,11-9-,16-14-,17-15-,22-20-,23-21-,28-26-,29-27-,33-32-,39-37-,45-43-,51-49-. The van der Waals surface area contributed by atoms with Crippen molar-refractivity contribution in [2.45, 2.75) is 213 Å². The predicted molar refractivity (Wildman–Crippen MR) is 323 cm³/mol. The normalized spacial score (nSPS) is 14.3. The third-order valence-corrected chi connectivity index (χ3v) is 12.8. The molecule has 0 aliphatic rings. The summed E-state index contributed by atoms with van der Waals surface area (Å²) in [4.78, 5) is 37.9. The topological polar surface area (TPSA) is 111 Å². The highest BCUT2D eigenvalue weighted by Gasteiger charge is 2.21. The number of phosphoric ester groups is 1. The first-order valence-corrected chi connectivity index (χ1v) is 31.0. The van der Waals surface area contributed by atoms with E-state index in [0.717, 1.165) is 109 Å².